The third kappa shape index (κ3) is 3.88. The molecule has 3 aromatic carbocycles. The molecule has 0 fully saturated rings. The first kappa shape index (κ1) is 18.0. The number of esters is 1. The highest BCUT2D eigenvalue weighted by Gasteiger charge is 2.22. The number of phenols is 1. The molecule has 3 aromatic rings. The van der Waals surface area contributed by atoms with Gasteiger partial charge in [0.05, 0.1) is 11.6 Å². The van der Waals surface area contributed by atoms with Crippen LogP contribution in [-0.2, 0) is 9.53 Å². The SMILES string of the molecule is C[C@H](OC(=O)c1ccc2ccccc2c1O)C(=O)Nc1cccc(C#N)c1. The molecule has 0 heterocycles. The molecule has 6 heteroatoms. The van der Waals surface area contributed by atoms with Crippen molar-refractivity contribution in [2.45, 2.75) is 13.0 Å². The van der Waals surface area contributed by atoms with Crippen molar-refractivity contribution >= 4 is 28.3 Å². The van der Waals surface area contributed by atoms with Gasteiger partial charge in [0, 0.05) is 11.1 Å². The predicted molar refractivity (Wildman–Crippen MR) is 100 cm³/mol. The second-order valence-corrected chi connectivity index (χ2v) is 5.91. The number of phenolic OH excluding ortho intramolecular Hbond substituents is 1. The van der Waals surface area contributed by atoms with E-state index in [1.807, 2.05) is 18.2 Å². The van der Waals surface area contributed by atoms with Crippen molar-refractivity contribution < 1.29 is 19.4 Å². The monoisotopic (exact) mass is 360 g/mol. The number of ether oxygens (including phenoxy) is 1. The van der Waals surface area contributed by atoms with Gasteiger partial charge < -0.3 is 15.2 Å². The minimum absolute atomic E-state index is 0.0140. The van der Waals surface area contributed by atoms with Crippen LogP contribution in [0.25, 0.3) is 10.8 Å². The Hall–Kier alpha value is -3.85. The zero-order valence-corrected chi connectivity index (χ0v) is 14.5. The van der Waals surface area contributed by atoms with Gasteiger partial charge >= 0.3 is 5.97 Å². The smallest absolute Gasteiger partial charge is 0.342 e. The summed E-state index contributed by atoms with van der Waals surface area (Å²) in [5.74, 6) is -1.53. The number of hydrogen-bond acceptors (Lipinski definition) is 5. The number of nitrogens with zero attached hydrogens (tertiary/aromatic N) is 1. The first-order valence-electron chi connectivity index (χ1n) is 8.22. The molecule has 3 rings (SSSR count). The Bertz CT molecular complexity index is 1070. The lowest BCUT2D eigenvalue weighted by molar-refractivity contribution is -0.123. The zero-order valence-electron chi connectivity index (χ0n) is 14.5. The lowest BCUT2D eigenvalue weighted by Crippen LogP contribution is -2.30. The van der Waals surface area contributed by atoms with Crippen LogP contribution in [0, 0.1) is 11.3 Å². The molecule has 0 aliphatic heterocycles. The van der Waals surface area contributed by atoms with Gasteiger partial charge in [-0.25, -0.2) is 4.79 Å². The van der Waals surface area contributed by atoms with E-state index in [1.165, 1.54) is 19.1 Å². The van der Waals surface area contributed by atoms with Gasteiger partial charge in [-0.3, -0.25) is 4.79 Å². The number of aromatic hydroxyl groups is 1. The molecule has 2 N–H and O–H groups in total. The van der Waals surface area contributed by atoms with E-state index in [9.17, 15) is 14.7 Å². The van der Waals surface area contributed by atoms with Gasteiger partial charge in [0.1, 0.15) is 11.3 Å². The van der Waals surface area contributed by atoms with Crippen LogP contribution in [0.3, 0.4) is 0 Å². The van der Waals surface area contributed by atoms with Crippen molar-refractivity contribution in [2.24, 2.45) is 0 Å². The van der Waals surface area contributed by atoms with Crippen LogP contribution >= 0.6 is 0 Å². The number of nitriles is 1. The number of nitrogens with one attached hydrogen (secondary N) is 1. The van der Waals surface area contributed by atoms with Crippen LogP contribution in [0.4, 0.5) is 5.69 Å². The standard InChI is InChI=1S/C21H16N2O4/c1-13(20(25)23-16-7-4-5-14(11-16)12-22)27-21(26)18-10-9-15-6-2-3-8-17(15)19(18)24/h2-11,13,24H,1H3,(H,23,25)/t13-/m0/s1. The van der Waals surface area contributed by atoms with E-state index in [2.05, 4.69) is 5.32 Å². The Morgan fingerprint density at radius 3 is 2.67 bits per heavy atom. The first-order chi connectivity index (χ1) is 13.0. The van der Waals surface area contributed by atoms with Gasteiger partial charge in [0.25, 0.3) is 5.91 Å². The molecule has 0 aromatic heterocycles. The summed E-state index contributed by atoms with van der Waals surface area (Å²) >= 11 is 0. The van der Waals surface area contributed by atoms with Crippen LogP contribution < -0.4 is 5.32 Å². The summed E-state index contributed by atoms with van der Waals surface area (Å²) in [5.41, 5.74) is 0.814. The summed E-state index contributed by atoms with van der Waals surface area (Å²) < 4.78 is 5.18. The summed E-state index contributed by atoms with van der Waals surface area (Å²) in [6, 6.07) is 18.6. The maximum Gasteiger partial charge on any atom is 0.342 e. The van der Waals surface area contributed by atoms with Gasteiger partial charge in [0.2, 0.25) is 0 Å². The summed E-state index contributed by atoms with van der Waals surface area (Å²) in [4.78, 5) is 24.6. The van der Waals surface area contributed by atoms with Crippen LogP contribution in [0.5, 0.6) is 5.75 Å². The van der Waals surface area contributed by atoms with Gasteiger partial charge in [-0.15, -0.1) is 0 Å². The normalized spacial score (nSPS) is 11.4. The first-order valence-corrected chi connectivity index (χ1v) is 8.22. The summed E-state index contributed by atoms with van der Waals surface area (Å²) in [6.07, 6.45) is -1.09. The Kier molecular flexibility index (Phi) is 5.04. The van der Waals surface area contributed by atoms with Crippen molar-refractivity contribution in [3.8, 4) is 11.8 Å². The van der Waals surface area contributed by atoms with Gasteiger partial charge in [-0.05, 0) is 36.6 Å². The van der Waals surface area contributed by atoms with Gasteiger partial charge in [-0.1, -0.05) is 36.4 Å². The fraction of sp³-hybridized carbons (Fsp3) is 0.0952. The van der Waals surface area contributed by atoms with Gasteiger partial charge in [-0.2, -0.15) is 5.26 Å². The molecular weight excluding hydrogens is 344 g/mol. The third-order valence-corrected chi connectivity index (χ3v) is 4.03. The summed E-state index contributed by atoms with van der Waals surface area (Å²) in [5, 5.41) is 23.1. The second-order valence-electron chi connectivity index (χ2n) is 5.91. The third-order valence-electron chi connectivity index (χ3n) is 4.03. The lowest BCUT2D eigenvalue weighted by Gasteiger charge is -2.14. The minimum atomic E-state index is -1.09. The van der Waals surface area contributed by atoms with E-state index < -0.39 is 18.0 Å². The molecule has 0 unspecified atom stereocenters. The van der Waals surface area contributed by atoms with E-state index in [4.69, 9.17) is 10.00 Å². The maximum absolute atomic E-state index is 12.4. The molecule has 0 aliphatic rings. The Morgan fingerprint density at radius 2 is 1.89 bits per heavy atom. The van der Waals surface area contributed by atoms with E-state index in [0.29, 0.717) is 16.6 Å². The Balaban J connectivity index is 1.72. The number of carbonyl (C=O) groups is 2. The highest BCUT2D eigenvalue weighted by Crippen LogP contribution is 2.29. The Morgan fingerprint density at radius 1 is 1.11 bits per heavy atom. The largest absolute Gasteiger partial charge is 0.506 e. The molecule has 0 bridgehead atoms. The van der Waals surface area contributed by atoms with Crippen molar-refractivity contribution in [1.82, 2.24) is 0 Å². The molecule has 0 saturated heterocycles. The lowest BCUT2D eigenvalue weighted by atomic mass is 10.1. The number of anilines is 1. The second kappa shape index (κ2) is 7.58. The molecule has 27 heavy (non-hydrogen) atoms. The highest BCUT2D eigenvalue weighted by molar-refractivity contribution is 6.02. The number of hydrogen-bond donors (Lipinski definition) is 2. The predicted octanol–water partition coefficient (Wildman–Crippen LogP) is 3.60. The van der Waals surface area contributed by atoms with Crippen molar-refractivity contribution in [3.63, 3.8) is 0 Å². The van der Waals surface area contributed by atoms with Crippen LogP contribution in [0.2, 0.25) is 0 Å². The van der Waals surface area contributed by atoms with Crippen molar-refractivity contribution in [1.29, 1.82) is 5.26 Å². The molecule has 0 aliphatic carbocycles. The maximum atomic E-state index is 12.4. The van der Waals surface area contributed by atoms with Crippen LogP contribution in [0.15, 0.2) is 60.7 Å². The molecule has 0 saturated carbocycles. The fourth-order valence-corrected chi connectivity index (χ4v) is 2.61. The van der Waals surface area contributed by atoms with Crippen LogP contribution in [0.1, 0.15) is 22.8 Å². The fourth-order valence-electron chi connectivity index (χ4n) is 2.61. The van der Waals surface area contributed by atoms with Gasteiger partial charge in [0.15, 0.2) is 6.10 Å². The molecule has 1 atom stereocenters. The number of fused-ring (bicyclic) bond motifs is 1. The van der Waals surface area contributed by atoms with E-state index in [1.54, 1.807) is 36.4 Å². The zero-order chi connectivity index (χ0) is 19.4. The Labute approximate surface area is 155 Å². The topological polar surface area (TPSA) is 99.4 Å². The average Bonchev–Trinajstić information content (AvgIpc) is 2.68. The molecule has 134 valence electrons. The number of benzene rings is 3. The minimum Gasteiger partial charge on any atom is -0.506 e. The average molecular weight is 360 g/mol. The summed E-state index contributed by atoms with van der Waals surface area (Å²) in [7, 11) is 0. The molecule has 0 radical (unpaired) electrons. The van der Waals surface area contributed by atoms with E-state index in [-0.39, 0.29) is 11.3 Å². The van der Waals surface area contributed by atoms with E-state index >= 15 is 0 Å². The van der Waals surface area contributed by atoms with Crippen molar-refractivity contribution in [3.05, 3.63) is 71.8 Å². The number of amides is 1. The highest BCUT2D eigenvalue weighted by atomic mass is 16.5. The number of carbonyl (C=O) groups excluding carboxylic acids is 2. The van der Waals surface area contributed by atoms with Crippen LogP contribution in [-0.4, -0.2) is 23.1 Å². The molecular formula is C21H16N2O4. The summed E-state index contributed by atoms with van der Waals surface area (Å²) in [6.45, 7) is 1.43. The number of rotatable bonds is 4. The molecule has 6 nitrogen and oxygen atoms in total. The molecule has 1 amide bonds. The quantitative estimate of drug-likeness (QED) is 0.693. The molecule has 0 spiro atoms. The van der Waals surface area contributed by atoms with E-state index in [0.717, 1.165) is 5.39 Å². The van der Waals surface area contributed by atoms with Crippen molar-refractivity contribution in [2.75, 3.05) is 5.32 Å².